The Morgan fingerprint density at radius 1 is 1.33 bits per heavy atom. The maximum absolute atomic E-state index is 12.6. The predicted molar refractivity (Wildman–Crippen MR) is 73.5 cm³/mol. The molecule has 2 fully saturated rings. The average Bonchev–Trinajstić information content (AvgIpc) is 3.07. The zero-order valence-corrected chi connectivity index (χ0v) is 11.6. The Bertz CT molecular complexity index is 651. The van der Waals surface area contributed by atoms with Gasteiger partial charge < -0.3 is 9.42 Å². The maximum atomic E-state index is 12.6. The first-order chi connectivity index (χ1) is 10.3. The summed E-state index contributed by atoms with van der Waals surface area (Å²) in [5.74, 6) is 1.80. The van der Waals surface area contributed by atoms with Crippen LogP contribution in [0, 0.1) is 0 Å². The number of hydrogen-bond acceptors (Lipinski definition) is 5. The highest BCUT2D eigenvalue weighted by Gasteiger charge is 2.36. The van der Waals surface area contributed by atoms with E-state index in [4.69, 9.17) is 4.52 Å². The Balaban J connectivity index is 1.58. The fourth-order valence-corrected chi connectivity index (χ4v) is 2.81. The third-order valence-corrected chi connectivity index (χ3v) is 4.10. The molecule has 1 atom stereocenters. The van der Waals surface area contributed by atoms with E-state index < -0.39 is 0 Å². The minimum atomic E-state index is -0.0750. The van der Waals surface area contributed by atoms with Gasteiger partial charge in [0.2, 0.25) is 5.89 Å². The molecule has 0 N–H and O–H groups in total. The van der Waals surface area contributed by atoms with Crippen molar-refractivity contribution in [1.29, 1.82) is 0 Å². The van der Waals surface area contributed by atoms with Crippen molar-refractivity contribution < 1.29 is 9.32 Å². The molecule has 2 aromatic heterocycles. The molecule has 0 spiro atoms. The van der Waals surface area contributed by atoms with Gasteiger partial charge in [0.05, 0.1) is 11.6 Å². The van der Waals surface area contributed by atoms with Gasteiger partial charge in [0.15, 0.2) is 5.82 Å². The second kappa shape index (κ2) is 4.95. The van der Waals surface area contributed by atoms with Gasteiger partial charge in [-0.3, -0.25) is 9.78 Å². The third kappa shape index (κ3) is 2.30. The van der Waals surface area contributed by atoms with Crippen LogP contribution >= 0.6 is 0 Å². The molecule has 1 saturated heterocycles. The van der Waals surface area contributed by atoms with Crippen molar-refractivity contribution in [3.8, 4) is 0 Å². The lowest BCUT2D eigenvalue weighted by atomic mass is 10.2. The highest BCUT2D eigenvalue weighted by molar-refractivity contribution is 5.94. The van der Waals surface area contributed by atoms with Crippen molar-refractivity contribution in [2.24, 2.45) is 0 Å². The summed E-state index contributed by atoms with van der Waals surface area (Å²) in [6, 6.07) is 3.49. The largest absolute Gasteiger partial charge is 0.339 e. The molecule has 3 heterocycles. The zero-order chi connectivity index (χ0) is 14.2. The summed E-state index contributed by atoms with van der Waals surface area (Å²) >= 11 is 0. The van der Waals surface area contributed by atoms with Crippen LogP contribution in [0.25, 0.3) is 0 Å². The van der Waals surface area contributed by atoms with Crippen LogP contribution in [0.2, 0.25) is 0 Å². The van der Waals surface area contributed by atoms with Gasteiger partial charge >= 0.3 is 0 Å². The van der Waals surface area contributed by atoms with Crippen LogP contribution < -0.4 is 0 Å². The quantitative estimate of drug-likeness (QED) is 0.865. The van der Waals surface area contributed by atoms with Gasteiger partial charge in [0, 0.05) is 24.9 Å². The van der Waals surface area contributed by atoms with Crippen molar-refractivity contribution in [2.45, 2.75) is 37.6 Å². The number of hydrogen-bond donors (Lipinski definition) is 0. The summed E-state index contributed by atoms with van der Waals surface area (Å²) in [5, 5.41) is 4.09. The predicted octanol–water partition coefficient (Wildman–Crippen LogP) is 2.32. The second-order valence-corrected chi connectivity index (χ2v) is 5.66. The van der Waals surface area contributed by atoms with Gasteiger partial charge in [-0.25, -0.2) is 0 Å². The number of aromatic nitrogens is 3. The monoisotopic (exact) mass is 284 g/mol. The van der Waals surface area contributed by atoms with E-state index in [0.29, 0.717) is 17.3 Å². The van der Waals surface area contributed by atoms with E-state index in [1.54, 1.807) is 24.5 Å². The van der Waals surface area contributed by atoms with Gasteiger partial charge in [-0.2, -0.15) is 4.98 Å². The Labute approximate surface area is 122 Å². The first-order valence-corrected chi connectivity index (χ1v) is 7.37. The van der Waals surface area contributed by atoms with E-state index in [1.165, 1.54) is 0 Å². The lowest BCUT2D eigenvalue weighted by molar-refractivity contribution is 0.0728. The van der Waals surface area contributed by atoms with Crippen LogP contribution in [0.15, 0.2) is 29.0 Å². The SMILES string of the molecule is O=C(c1cccnc1)N1CCCC1c1noc(C2CC2)n1. The molecule has 6 heteroatoms. The number of likely N-dealkylation sites (tertiary alicyclic amines) is 1. The molecule has 1 aliphatic carbocycles. The standard InChI is InChI=1S/C15H16N4O2/c20-15(11-3-1-7-16-9-11)19-8-2-4-12(19)13-17-14(21-18-13)10-5-6-10/h1,3,7,9-10,12H,2,4-6,8H2. The number of rotatable bonds is 3. The Hall–Kier alpha value is -2.24. The van der Waals surface area contributed by atoms with Crippen LogP contribution in [0.1, 0.15) is 59.7 Å². The third-order valence-electron chi connectivity index (χ3n) is 4.10. The molecule has 1 amide bonds. The van der Waals surface area contributed by atoms with Gasteiger partial charge in [0.25, 0.3) is 5.91 Å². The summed E-state index contributed by atoms with van der Waals surface area (Å²) in [5.41, 5.74) is 0.607. The Morgan fingerprint density at radius 2 is 2.24 bits per heavy atom. The zero-order valence-electron chi connectivity index (χ0n) is 11.6. The van der Waals surface area contributed by atoms with Gasteiger partial charge in [-0.05, 0) is 37.8 Å². The van der Waals surface area contributed by atoms with E-state index in [9.17, 15) is 4.79 Å². The van der Waals surface area contributed by atoms with Crippen LogP contribution in [0.5, 0.6) is 0 Å². The minimum absolute atomic E-state index is 0.0108. The van der Waals surface area contributed by atoms with Gasteiger partial charge in [-0.1, -0.05) is 5.16 Å². The van der Waals surface area contributed by atoms with Gasteiger partial charge in [0.1, 0.15) is 0 Å². The fourth-order valence-electron chi connectivity index (χ4n) is 2.81. The van der Waals surface area contributed by atoms with E-state index in [0.717, 1.165) is 38.1 Å². The number of nitrogens with zero attached hydrogens (tertiary/aromatic N) is 4. The molecule has 1 aliphatic heterocycles. The smallest absolute Gasteiger partial charge is 0.256 e. The van der Waals surface area contributed by atoms with E-state index in [-0.39, 0.29) is 11.9 Å². The van der Waals surface area contributed by atoms with Crippen molar-refractivity contribution in [1.82, 2.24) is 20.0 Å². The Kier molecular flexibility index (Phi) is 2.94. The van der Waals surface area contributed by atoms with Gasteiger partial charge in [-0.15, -0.1) is 0 Å². The van der Waals surface area contributed by atoms with Crippen molar-refractivity contribution in [3.05, 3.63) is 41.8 Å². The molecule has 1 saturated carbocycles. The molecule has 0 radical (unpaired) electrons. The Morgan fingerprint density at radius 3 is 3.00 bits per heavy atom. The molecule has 21 heavy (non-hydrogen) atoms. The van der Waals surface area contributed by atoms with Crippen LogP contribution in [-0.4, -0.2) is 32.5 Å². The lowest BCUT2D eigenvalue weighted by Gasteiger charge is -2.22. The minimum Gasteiger partial charge on any atom is -0.339 e. The summed E-state index contributed by atoms with van der Waals surface area (Å²) < 4.78 is 5.32. The lowest BCUT2D eigenvalue weighted by Crippen LogP contribution is -2.31. The van der Waals surface area contributed by atoms with Crippen molar-refractivity contribution >= 4 is 5.91 Å². The van der Waals surface area contributed by atoms with Crippen LogP contribution in [-0.2, 0) is 0 Å². The van der Waals surface area contributed by atoms with E-state index in [1.807, 2.05) is 4.90 Å². The molecule has 2 aromatic rings. The van der Waals surface area contributed by atoms with Crippen molar-refractivity contribution in [2.75, 3.05) is 6.54 Å². The molecule has 4 rings (SSSR count). The van der Waals surface area contributed by atoms with Crippen LogP contribution in [0.3, 0.4) is 0 Å². The van der Waals surface area contributed by atoms with Crippen molar-refractivity contribution in [3.63, 3.8) is 0 Å². The summed E-state index contributed by atoms with van der Waals surface area (Å²) in [6.07, 6.45) is 7.37. The highest BCUT2D eigenvalue weighted by Crippen LogP contribution is 2.40. The molecule has 108 valence electrons. The molecule has 0 aromatic carbocycles. The second-order valence-electron chi connectivity index (χ2n) is 5.66. The number of carbonyl (C=O) groups is 1. The normalized spacial score (nSPS) is 21.7. The molecular weight excluding hydrogens is 268 g/mol. The molecule has 0 bridgehead atoms. The first kappa shape index (κ1) is 12.5. The number of pyridine rings is 1. The molecule has 1 unspecified atom stereocenters. The fraction of sp³-hybridized carbons (Fsp3) is 0.467. The molecule has 6 nitrogen and oxygen atoms in total. The highest BCUT2D eigenvalue weighted by atomic mass is 16.5. The molecule has 2 aliphatic rings. The average molecular weight is 284 g/mol. The summed E-state index contributed by atoms with van der Waals surface area (Å²) in [7, 11) is 0. The van der Waals surface area contributed by atoms with E-state index >= 15 is 0 Å². The topological polar surface area (TPSA) is 72.1 Å². The summed E-state index contributed by atoms with van der Waals surface area (Å²) in [6.45, 7) is 0.728. The number of amides is 1. The first-order valence-electron chi connectivity index (χ1n) is 7.37. The molecular formula is C15H16N4O2. The maximum Gasteiger partial charge on any atom is 0.256 e. The van der Waals surface area contributed by atoms with E-state index in [2.05, 4.69) is 15.1 Å². The number of carbonyl (C=O) groups excluding carboxylic acids is 1. The van der Waals surface area contributed by atoms with Crippen LogP contribution in [0.4, 0.5) is 0 Å². The summed E-state index contributed by atoms with van der Waals surface area (Å²) in [4.78, 5) is 22.9.